The number of hydrogen-bond acceptors (Lipinski definition) is 6. The highest BCUT2D eigenvalue weighted by Gasteiger charge is 2.28. The number of carbonyl (C=O) groups excluding carboxylic acids is 5. The normalized spacial score (nSPS) is 15.4. The van der Waals surface area contributed by atoms with Crippen LogP contribution >= 0.6 is 0 Å². The molecule has 0 aromatic heterocycles. The van der Waals surface area contributed by atoms with E-state index in [9.17, 15) is 24.0 Å². The molecule has 1 saturated carbocycles. The maximum atomic E-state index is 12.6. The molecule has 0 spiro atoms. The van der Waals surface area contributed by atoms with Crippen LogP contribution < -0.4 is 4.90 Å². The van der Waals surface area contributed by atoms with Crippen LogP contribution in [0.1, 0.15) is 44.1 Å². The number of nitrogens with zero attached hydrogens (tertiary/aromatic N) is 3. The van der Waals surface area contributed by atoms with E-state index in [0.29, 0.717) is 51.3 Å². The molecule has 0 N–H and O–H groups in total. The second-order valence-electron chi connectivity index (χ2n) is 9.07. The van der Waals surface area contributed by atoms with Crippen molar-refractivity contribution in [3.63, 3.8) is 0 Å². The average molecular weight is 488 g/mol. The van der Waals surface area contributed by atoms with Crippen LogP contribution in [0.5, 0.6) is 0 Å². The monoisotopic (exact) mass is 487 g/mol. The molecule has 35 heavy (non-hydrogen) atoms. The lowest BCUT2D eigenvalue weighted by Crippen LogP contribution is -2.36. The van der Waals surface area contributed by atoms with E-state index in [-0.39, 0.29) is 36.2 Å². The summed E-state index contributed by atoms with van der Waals surface area (Å²) in [4.78, 5) is 64.4. The van der Waals surface area contributed by atoms with Gasteiger partial charge in [0.05, 0.1) is 12.5 Å². The van der Waals surface area contributed by atoms with Crippen molar-refractivity contribution >= 4 is 35.5 Å². The Hall–Kier alpha value is -3.07. The average Bonchev–Trinajstić information content (AvgIpc) is 2.85. The van der Waals surface area contributed by atoms with Gasteiger partial charge in [0.1, 0.15) is 18.0 Å². The Balaban J connectivity index is 1.75. The van der Waals surface area contributed by atoms with Gasteiger partial charge in [-0.2, -0.15) is 0 Å². The minimum Gasteiger partial charge on any atom is -0.380 e. The van der Waals surface area contributed by atoms with Crippen molar-refractivity contribution < 1.29 is 28.7 Å². The maximum absolute atomic E-state index is 12.6. The van der Waals surface area contributed by atoms with Crippen molar-refractivity contribution in [1.82, 2.24) is 9.80 Å². The Labute approximate surface area is 207 Å². The molecule has 1 atom stereocenters. The molecule has 1 aromatic rings. The number of benzene rings is 1. The molecule has 1 aliphatic rings. The first-order valence-corrected chi connectivity index (χ1v) is 12.1. The minimum absolute atomic E-state index is 0.0437. The molecule has 192 valence electrons. The Morgan fingerprint density at radius 2 is 1.71 bits per heavy atom. The van der Waals surface area contributed by atoms with Gasteiger partial charge in [-0.1, -0.05) is 18.6 Å². The Kier molecular flexibility index (Phi) is 11.6. The van der Waals surface area contributed by atoms with Gasteiger partial charge < -0.3 is 19.4 Å². The summed E-state index contributed by atoms with van der Waals surface area (Å²) in [5.74, 6) is -1.11. The van der Waals surface area contributed by atoms with Gasteiger partial charge in [0.2, 0.25) is 18.2 Å². The number of Topliss-reactive ketones (excluding diaryl/α,β-unsaturated/α-hetero) is 2. The third kappa shape index (κ3) is 9.24. The first-order chi connectivity index (χ1) is 16.7. The first kappa shape index (κ1) is 28.2. The molecule has 3 amide bonds. The molecule has 9 heteroatoms. The minimum atomic E-state index is -0.481. The molecular formula is C26H37N3O6. The predicted molar refractivity (Wildman–Crippen MR) is 132 cm³/mol. The summed E-state index contributed by atoms with van der Waals surface area (Å²) in [6.45, 7) is 1.81. The molecule has 1 fully saturated rings. The van der Waals surface area contributed by atoms with Crippen LogP contribution in [0.25, 0.3) is 0 Å². The van der Waals surface area contributed by atoms with Gasteiger partial charge in [0, 0.05) is 59.4 Å². The molecule has 2 rings (SSSR count). The Morgan fingerprint density at radius 3 is 2.37 bits per heavy atom. The fourth-order valence-electron chi connectivity index (χ4n) is 3.91. The van der Waals surface area contributed by atoms with E-state index in [2.05, 4.69) is 0 Å². The molecular weight excluding hydrogens is 450 g/mol. The van der Waals surface area contributed by atoms with Crippen molar-refractivity contribution in [2.75, 3.05) is 52.3 Å². The third-order valence-electron chi connectivity index (χ3n) is 6.30. The molecule has 1 aliphatic carbocycles. The highest BCUT2D eigenvalue weighted by Crippen LogP contribution is 2.23. The van der Waals surface area contributed by atoms with Crippen LogP contribution in [-0.2, 0) is 35.1 Å². The number of hydrogen-bond donors (Lipinski definition) is 0. The first-order valence-electron chi connectivity index (χ1n) is 12.1. The number of ether oxygens (including phenoxy) is 1. The van der Waals surface area contributed by atoms with Crippen LogP contribution in [0.3, 0.4) is 0 Å². The number of carbonyl (C=O) groups is 5. The maximum Gasteiger partial charge on any atom is 0.236 e. The summed E-state index contributed by atoms with van der Waals surface area (Å²) in [6, 6.07) is 7.05. The van der Waals surface area contributed by atoms with Crippen molar-refractivity contribution in [3.8, 4) is 0 Å². The van der Waals surface area contributed by atoms with Crippen LogP contribution in [0, 0.1) is 5.92 Å². The summed E-state index contributed by atoms with van der Waals surface area (Å²) in [7, 11) is 4.93. The highest BCUT2D eigenvalue weighted by atomic mass is 16.5. The van der Waals surface area contributed by atoms with Crippen molar-refractivity contribution in [2.24, 2.45) is 5.92 Å². The Bertz CT molecular complexity index is 886. The molecule has 0 heterocycles. The van der Waals surface area contributed by atoms with Gasteiger partial charge in [0.15, 0.2) is 0 Å². The summed E-state index contributed by atoms with van der Waals surface area (Å²) in [5, 5.41) is 0. The second-order valence-corrected chi connectivity index (χ2v) is 9.07. The largest absolute Gasteiger partial charge is 0.380 e. The van der Waals surface area contributed by atoms with Gasteiger partial charge in [-0.25, -0.2) is 0 Å². The molecule has 9 nitrogen and oxygen atoms in total. The topological polar surface area (TPSA) is 104 Å². The molecule has 1 unspecified atom stereocenters. The van der Waals surface area contributed by atoms with Crippen LogP contribution in [0.2, 0.25) is 0 Å². The highest BCUT2D eigenvalue weighted by molar-refractivity contribution is 6.05. The second kappa shape index (κ2) is 14.4. The molecule has 0 saturated heterocycles. The van der Waals surface area contributed by atoms with Gasteiger partial charge >= 0.3 is 0 Å². The number of rotatable bonds is 14. The van der Waals surface area contributed by atoms with Crippen LogP contribution in [0.4, 0.5) is 5.69 Å². The fraction of sp³-hybridized carbons (Fsp3) is 0.577. The van der Waals surface area contributed by atoms with E-state index in [1.54, 1.807) is 45.4 Å². The molecule has 1 aromatic carbocycles. The van der Waals surface area contributed by atoms with E-state index in [1.807, 2.05) is 0 Å². The lowest BCUT2D eigenvalue weighted by molar-refractivity contribution is -0.136. The van der Waals surface area contributed by atoms with E-state index >= 15 is 0 Å². The van der Waals surface area contributed by atoms with Crippen molar-refractivity contribution in [3.05, 3.63) is 29.8 Å². The zero-order valence-electron chi connectivity index (χ0n) is 21.0. The lowest BCUT2D eigenvalue weighted by Gasteiger charge is -2.21. The van der Waals surface area contributed by atoms with Gasteiger partial charge in [-0.3, -0.25) is 24.0 Å². The number of ketones is 2. The molecule has 0 bridgehead atoms. The van der Waals surface area contributed by atoms with E-state index in [0.717, 1.165) is 24.8 Å². The zero-order chi connectivity index (χ0) is 25.8. The molecule has 0 aliphatic heterocycles. The standard InChI is InChI=1S/C26H37N3O6/c1-27(19-30)13-6-15-35-16-14-28(2)25(33)18-26(34)29(3)21-11-9-20(10-12-21)17-24(32)22-7-4-5-8-23(22)31/h9-12,19,22H,4-8,13-18H2,1-3H3. The van der Waals surface area contributed by atoms with E-state index < -0.39 is 5.92 Å². The van der Waals surface area contributed by atoms with Gasteiger partial charge in [-0.05, 0) is 37.0 Å². The molecule has 0 radical (unpaired) electrons. The van der Waals surface area contributed by atoms with E-state index in [4.69, 9.17) is 4.74 Å². The van der Waals surface area contributed by atoms with Crippen molar-refractivity contribution in [1.29, 1.82) is 0 Å². The predicted octanol–water partition coefficient (Wildman–Crippen LogP) is 1.86. The summed E-state index contributed by atoms with van der Waals surface area (Å²) < 4.78 is 5.48. The summed E-state index contributed by atoms with van der Waals surface area (Å²) in [5.41, 5.74) is 1.42. The SMILES string of the molecule is CN(C=O)CCCOCCN(C)C(=O)CC(=O)N(C)c1ccc(CC(=O)C2CCCCC2=O)cc1. The summed E-state index contributed by atoms with van der Waals surface area (Å²) >= 11 is 0. The smallest absolute Gasteiger partial charge is 0.236 e. The third-order valence-corrected chi connectivity index (χ3v) is 6.30. The quantitative estimate of drug-likeness (QED) is 0.225. The van der Waals surface area contributed by atoms with Crippen LogP contribution in [-0.4, -0.2) is 87.0 Å². The lowest BCUT2D eigenvalue weighted by atomic mass is 9.83. The fourth-order valence-corrected chi connectivity index (χ4v) is 3.91. The van der Waals surface area contributed by atoms with E-state index in [1.165, 1.54) is 14.7 Å². The number of amides is 3. The van der Waals surface area contributed by atoms with Gasteiger partial charge in [0.25, 0.3) is 0 Å². The Morgan fingerprint density at radius 1 is 1.00 bits per heavy atom. The van der Waals surface area contributed by atoms with Gasteiger partial charge in [-0.15, -0.1) is 0 Å². The number of anilines is 1. The zero-order valence-corrected chi connectivity index (χ0v) is 21.0. The van der Waals surface area contributed by atoms with Crippen molar-refractivity contribution in [2.45, 2.75) is 44.9 Å². The summed E-state index contributed by atoms with van der Waals surface area (Å²) in [6.07, 6.45) is 4.32. The number of likely N-dealkylation sites (N-methyl/N-ethyl adjacent to an activating group) is 1. The van der Waals surface area contributed by atoms with Crippen LogP contribution in [0.15, 0.2) is 24.3 Å².